The third kappa shape index (κ3) is 6.78. The molecule has 198 valence electrons. The smallest absolute Gasteiger partial charge is 0.336 e. The van der Waals surface area contributed by atoms with Gasteiger partial charge in [0.1, 0.15) is 0 Å². The summed E-state index contributed by atoms with van der Waals surface area (Å²) in [7, 11) is -2.42. The number of hydrogen-bond acceptors (Lipinski definition) is 8. The van der Waals surface area contributed by atoms with Gasteiger partial charge in [0.15, 0.2) is 0 Å². The van der Waals surface area contributed by atoms with Gasteiger partial charge in [-0.1, -0.05) is 48.0 Å². The Balaban J connectivity index is 1.87. The van der Waals surface area contributed by atoms with E-state index >= 15 is 0 Å². The minimum atomic E-state index is -3.68. The third-order valence-electron chi connectivity index (χ3n) is 5.60. The van der Waals surface area contributed by atoms with Gasteiger partial charge in [0.25, 0.3) is 0 Å². The van der Waals surface area contributed by atoms with E-state index in [1.807, 2.05) is 0 Å². The van der Waals surface area contributed by atoms with Crippen LogP contribution >= 0.6 is 11.6 Å². The molecule has 0 radical (unpaired) electrons. The molecule has 11 heteroatoms. The van der Waals surface area contributed by atoms with Gasteiger partial charge in [-0.25, -0.2) is 22.7 Å². The van der Waals surface area contributed by atoms with E-state index in [9.17, 15) is 18.0 Å². The molecular weight excluding hydrogens is 520 g/mol. The van der Waals surface area contributed by atoms with Gasteiger partial charge >= 0.3 is 11.9 Å². The molecule has 1 aliphatic rings. The Morgan fingerprint density at radius 1 is 1.03 bits per heavy atom. The van der Waals surface area contributed by atoms with E-state index in [4.69, 9.17) is 25.8 Å². The lowest BCUT2D eigenvalue weighted by Crippen LogP contribution is -2.35. The molecule has 1 unspecified atom stereocenters. The SMILES string of the molecule is CCOC(=O)C1=C(COCCNS(=O)(=O)c2ccccc2)NC(C)=C(C(=O)OC)C1c1ccccc1Cl. The molecule has 2 aromatic rings. The largest absolute Gasteiger partial charge is 0.466 e. The van der Waals surface area contributed by atoms with Crippen LogP contribution in [0.15, 0.2) is 82.0 Å². The van der Waals surface area contributed by atoms with E-state index in [0.29, 0.717) is 22.0 Å². The summed E-state index contributed by atoms with van der Waals surface area (Å²) in [5, 5.41) is 3.44. The second-order valence-electron chi connectivity index (χ2n) is 7.99. The van der Waals surface area contributed by atoms with Crippen LogP contribution in [0.5, 0.6) is 0 Å². The van der Waals surface area contributed by atoms with Crippen molar-refractivity contribution in [1.82, 2.24) is 10.0 Å². The van der Waals surface area contributed by atoms with Gasteiger partial charge in [-0.2, -0.15) is 0 Å². The fourth-order valence-electron chi connectivity index (χ4n) is 3.97. The van der Waals surface area contributed by atoms with Gasteiger partial charge in [-0.15, -0.1) is 0 Å². The summed E-state index contributed by atoms with van der Waals surface area (Å²) in [6.45, 7) is 3.44. The van der Waals surface area contributed by atoms with Gasteiger partial charge in [-0.3, -0.25) is 0 Å². The Labute approximate surface area is 221 Å². The van der Waals surface area contributed by atoms with Crippen LogP contribution in [0.1, 0.15) is 25.3 Å². The van der Waals surface area contributed by atoms with E-state index in [0.717, 1.165) is 0 Å². The van der Waals surface area contributed by atoms with E-state index in [1.54, 1.807) is 56.3 Å². The van der Waals surface area contributed by atoms with Crippen LogP contribution in [0.4, 0.5) is 0 Å². The summed E-state index contributed by atoms with van der Waals surface area (Å²) in [4.78, 5) is 26.1. The number of halogens is 1. The highest BCUT2D eigenvalue weighted by atomic mass is 35.5. The molecule has 2 aromatic carbocycles. The summed E-state index contributed by atoms with van der Waals surface area (Å²) in [5.74, 6) is -2.12. The summed E-state index contributed by atoms with van der Waals surface area (Å²) in [6.07, 6.45) is 0. The van der Waals surface area contributed by atoms with Crippen LogP contribution < -0.4 is 10.0 Å². The minimum absolute atomic E-state index is 0.00935. The lowest BCUT2D eigenvalue weighted by molar-refractivity contribution is -0.139. The maximum atomic E-state index is 13.2. The number of hydrogen-bond donors (Lipinski definition) is 2. The molecule has 0 saturated carbocycles. The number of dihydropyridines is 1. The van der Waals surface area contributed by atoms with E-state index < -0.39 is 27.9 Å². The number of nitrogens with one attached hydrogen (secondary N) is 2. The molecular formula is C26H29ClN2O7S. The first kappa shape index (κ1) is 28.4. The Kier molecular flexibility index (Phi) is 9.87. The minimum Gasteiger partial charge on any atom is -0.466 e. The number of benzene rings is 2. The van der Waals surface area contributed by atoms with Crippen LogP contribution in [0.25, 0.3) is 0 Å². The van der Waals surface area contributed by atoms with Crippen LogP contribution in [-0.2, 0) is 33.8 Å². The third-order valence-corrected chi connectivity index (χ3v) is 7.42. The molecule has 3 rings (SSSR count). The molecule has 0 bridgehead atoms. The fraction of sp³-hybridized carbons (Fsp3) is 0.308. The van der Waals surface area contributed by atoms with Gasteiger partial charge in [0, 0.05) is 17.3 Å². The highest BCUT2D eigenvalue weighted by Crippen LogP contribution is 2.41. The zero-order valence-electron chi connectivity index (χ0n) is 20.7. The number of methoxy groups -OCH3 is 1. The molecule has 0 spiro atoms. The zero-order valence-corrected chi connectivity index (χ0v) is 22.3. The number of carbonyl (C=O) groups excluding carboxylic acids is 2. The van der Waals surface area contributed by atoms with Crippen LogP contribution in [-0.4, -0.2) is 53.8 Å². The van der Waals surface area contributed by atoms with Crippen LogP contribution in [0.3, 0.4) is 0 Å². The number of ether oxygens (including phenoxy) is 3. The molecule has 0 fully saturated rings. The van der Waals surface area contributed by atoms with Crippen molar-refractivity contribution in [3.8, 4) is 0 Å². The van der Waals surface area contributed by atoms with E-state index in [2.05, 4.69) is 10.0 Å². The summed E-state index contributed by atoms with van der Waals surface area (Å²) in [6, 6.07) is 14.9. The first-order valence-corrected chi connectivity index (χ1v) is 13.4. The monoisotopic (exact) mass is 548 g/mol. The highest BCUT2D eigenvalue weighted by molar-refractivity contribution is 7.89. The van der Waals surface area contributed by atoms with E-state index in [-0.39, 0.29) is 42.4 Å². The molecule has 1 atom stereocenters. The lowest BCUT2D eigenvalue weighted by Gasteiger charge is -2.31. The van der Waals surface area contributed by atoms with Crippen molar-refractivity contribution in [1.29, 1.82) is 0 Å². The van der Waals surface area contributed by atoms with Gasteiger partial charge in [0.05, 0.1) is 54.6 Å². The molecule has 2 N–H and O–H groups in total. The quantitative estimate of drug-likeness (QED) is 0.324. The molecule has 0 aromatic heterocycles. The van der Waals surface area contributed by atoms with Crippen molar-refractivity contribution in [3.05, 3.63) is 87.7 Å². The second kappa shape index (κ2) is 12.9. The Bertz CT molecular complexity index is 1310. The van der Waals surface area contributed by atoms with Crippen molar-refractivity contribution in [2.24, 2.45) is 0 Å². The predicted octanol–water partition coefficient (Wildman–Crippen LogP) is 3.29. The Morgan fingerprint density at radius 2 is 1.70 bits per heavy atom. The topological polar surface area (TPSA) is 120 Å². The summed E-state index contributed by atoms with van der Waals surface area (Å²) in [5.41, 5.74) is 1.75. The first-order valence-electron chi connectivity index (χ1n) is 11.5. The number of esters is 2. The predicted molar refractivity (Wildman–Crippen MR) is 138 cm³/mol. The van der Waals surface area contributed by atoms with Crippen molar-refractivity contribution >= 4 is 33.6 Å². The normalized spacial score (nSPS) is 15.8. The lowest BCUT2D eigenvalue weighted by atomic mass is 9.80. The number of rotatable bonds is 11. The van der Waals surface area contributed by atoms with Gasteiger partial charge in [0.2, 0.25) is 10.0 Å². The van der Waals surface area contributed by atoms with Crippen LogP contribution in [0.2, 0.25) is 5.02 Å². The zero-order chi connectivity index (χ0) is 27.0. The Morgan fingerprint density at radius 3 is 2.35 bits per heavy atom. The number of carbonyl (C=O) groups is 2. The summed E-state index contributed by atoms with van der Waals surface area (Å²) < 4.78 is 43.3. The molecule has 0 saturated heterocycles. The molecule has 1 aliphatic heterocycles. The average molecular weight is 549 g/mol. The summed E-state index contributed by atoms with van der Waals surface area (Å²) >= 11 is 6.49. The van der Waals surface area contributed by atoms with Gasteiger partial charge < -0.3 is 19.5 Å². The second-order valence-corrected chi connectivity index (χ2v) is 10.2. The van der Waals surface area contributed by atoms with Crippen LogP contribution in [0, 0.1) is 0 Å². The number of sulfonamides is 1. The van der Waals surface area contributed by atoms with E-state index in [1.165, 1.54) is 19.2 Å². The highest BCUT2D eigenvalue weighted by Gasteiger charge is 2.39. The Hall–Kier alpha value is -3.18. The van der Waals surface area contributed by atoms with Crippen molar-refractivity contribution < 1.29 is 32.2 Å². The number of allylic oxidation sites excluding steroid dienone is 1. The molecule has 0 amide bonds. The standard InChI is InChI=1S/C26H29ClN2O7S/c1-4-36-26(31)24-21(16-35-15-14-28-37(32,33)18-10-6-5-7-11-18)29-17(2)22(25(30)34-3)23(24)19-12-8-9-13-20(19)27/h5-13,23,28-29H,4,14-16H2,1-3H3. The maximum absolute atomic E-state index is 13.2. The molecule has 9 nitrogen and oxygen atoms in total. The van der Waals surface area contributed by atoms with Crippen molar-refractivity contribution in [2.75, 3.05) is 33.5 Å². The molecule has 0 aliphatic carbocycles. The fourth-order valence-corrected chi connectivity index (χ4v) is 5.25. The molecule has 1 heterocycles. The van der Waals surface area contributed by atoms with Crippen molar-refractivity contribution in [2.45, 2.75) is 24.7 Å². The van der Waals surface area contributed by atoms with Crippen molar-refractivity contribution in [3.63, 3.8) is 0 Å². The first-order chi connectivity index (χ1) is 17.7. The van der Waals surface area contributed by atoms with Gasteiger partial charge in [-0.05, 0) is 37.6 Å². The molecule has 37 heavy (non-hydrogen) atoms. The average Bonchev–Trinajstić information content (AvgIpc) is 2.88. The maximum Gasteiger partial charge on any atom is 0.336 e.